The molecule has 0 bridgehead atoms. The van der Waals surface area contributed by atoms with E-state index in [1.807, 2.05) is 35.4 Å². The molecule has 134 valence electrons. The largest absolute Gasteiger partial charge is 0.352 e. The SMILES string of the molecule is O=C(NCCC1CN(Cc2ccncc2)Cc2ccnn21)c1ccsc1. The van der Waals surface area contributed by atoms with E-state index in [0.717, 1.165) is 31.6 Å². The van der Waals surface area contributed by atoms with Crippen LogP contribution in [0.15, 0.2) is 53.6 Å². The molecule has 0 aromatic carbocycles. The number of fused-ring (bicyclic) bond motifs is 1. The van der Waals surface area contributed by atoms with Crippen molar-refractivity contribution in [1.29, 1.82) is 0 Å². The lowest BCUT2D eigenvalue weighted by molar-refractivity contribution is 0.0947. The number of rotatable bonds is 6. The summed E-state index contributed by atoms with van der Waals surface area (Å²) in [7, 11) is 0. The van der Waals surface area contributed by atoms with Crippen LogP contribution >= 0.6 is 11.3 Å². The lowest BCUT2D eigenvalue weighted by atomic mass is 10.1. The van der Waals surface area contributed by atoms with E-state index < -0.39 is 0 Å². The summed E-state index contributed by atoms with van der Waals surface area (Å²) >= 11 is 1.54. The highest BCUT2D eigenvalue weighted by Crippen LogP contribution is 2.24. The molecule has 1 amide bonds. The first-order chi connectivity index (χ1) is 12.8. The molecule has 0 spiro atoms. The molecular formula is C19H21N5OS. The second-order valence-corrected chi connectivity index (χ2v) is 7.28. The van der Waals surface area contributed by atoms with Gasteiger partial charge in [0.25, 0.3) is 5.91 Å². The first-order valence-electron chi connectivity index (χ1n) is 8.73. The Labute approximate surface area is 156 Å². The Kier molecular flexibility index (Phi) is 5.08. The summed E-state index contributed by atoms with van der Waals surface area (Å²) in [6.07, 6.45) is 6.39. The molecule has 6 nitrogen and oxygen atoms in total. The highest BCUT2D eigenvalue weighted by atomic mass is 32.1. The van der Waals surface area contributed by atoms with Gasteiger partial charge < -0.3 is 5.32 Å². The zero-order valence-corrected chi connectivity index (χ0v) is 15.2. The fraction of sp³-hybridized carbons (Fsp3) is 0.316. The average molecular weight is 367 g/mol. The number of nitrogens with zero attached hydrogens (tertiary/aromatic N) is 4. The minimum atomic E-state index is -0.00334. The maximum absolute atomic E-state index is 12.1. The number of hydrogen-bond acceptors (Lipinski definition) is 5. The van der Waals surface area contributed by atoms with Crippen LogP contribution < -0.4 is 5.32 Å². The van der Waals surface area contributed by atoms with Crippen molar-refractivity contribution in [3.8, 4) is 0 Å². The maximum atomic E-state index is 12.1. The normalized spacial score (nSPS) is 17.0. The summed E-state index contributed by atoms with van der Waals surface area (Å²) in [6, 6.07) is 8.31. The fourth-order valence-electron chi connectivity index (χ4n) is 3.39. The molecule has 1 aliphatic rings. The van der Waals surface area contributed by atoms with Crippen molar-refractivity contribution in [2.75, 3.05) is 13.1 Å². The van der Waals surface area contributed by atoms with Crippen molar-refractivity contribution in [3.63, 3.8) is 0 Å². The van der Waals surface area contributed by atoms with Crippen LogP contribution in [0.3, 0.4) is 0 Å². The van der Waals surface area contributed by atoms with Gasteiger partial charge >= 0.3 is 0 Å². The third-order valence-corrected chi connectivity index (χ3v) is 5.34. The molecule has 1 atom stereocenters. The van der Waals surface area contributed by atoms with Crippen LogP contribution in [0, 0.1) is 0 Å². The van der Waals surface area contributed by atoms with Gasteiger partial charge in [-0.05, 0) is 41.6 Å². The molecule has 0 saturated carbocycles. The van der Waals surface area contributed by atoms with E-state index in [2.05, 4.69) is 43.2 Å². The van der Waals surface area contributed by atoms with Crippen molar-refractivity contribution in [2.24, 2.45) is 0 Å². The molecule has 4 rings (SSSR count). The zero-order chi connectivity index (χ0) is 17.8. The summed E-state index contributed by atoms with van der Waals surface area (Å²) < 4.78 is 2.11. The van der Waals surface area contributed by atoms with Crippen molar-refractivity contribution >= 4 is 17.2 Å². The Morgan fingerprint density at radius 2 is 2.12 bits per heavy atom. The Balaban J connectivity index is 1.38. The first kappa shape index (κ1) is 16.9. The van der Waals surface area contributed by atoms with Crippen LogP contribution in [0.1, 0.15) is 34.1 Å². The van der Waals surface area contributed by atoms with Gasteiger partial charge in [0.15, 0.2) is 0 Å². The van der Waals surface area contributed by atoms with Crippen LogP contribution in [-0.4, -0.2) is 38.7 Å². The predicted octanol–water partition coefficient (Wildman–Crippen LogP) is 2.72. The Bertz CT molecular complexity index is 846. The number of carbonyl (C=O) groups excluding carboxylic acids is 1. The molecule has 3 aromatic heterocycles. The Morgan fingerprint density at radius 3 is 2.92 bits per heavy atom. The monoisotopic (exact) mass is 367 g/mol. The van der Waals surface area contributed by atoms with E-state index >= 15 is 0 Å². The van der Waals surface area contributed by atoms with Gasteiger partial charge in [0.2, 0.25) is 0 Å². The number of carbonyl (C=O) groups is 1. The van der Waals surface area contributed by atoms with Crippen molar-refractivity contribution in [3.05, 3.63) is 70.4 Å². The van der Waals surface area contributed by atoms with Crippen molar-refractivity contribution < 1.29 is 4.79 Å². The van der Waals surface area contributed by atoms with Gasteiger partial charge in [-0.1, -0.05) is 0 Å². The molecule has 4 heterocycles. The van der Waals surface area contributed by atoms with Gasteiger partial charge in [-0.25, -0.2) is 0 Å². The van der Waals surface area contributed by atoms with Gasteiger partial charge in [-0.15, -0.1) is 0 Å². The predicted molar refractivity (Wildman–Crippen MR) is 101 cm³/mol. The molecule has 0 radical (unpaired) electrons. The first-order valence-corrected chi connectivity index (χ1v) is 9.68. The standard InChI is InChI=1S/C19H21N5OS/c25-19(16-5-10-26-14-16)21-8-3-17-12-23(11-15-1-6-20-7-2-15)13-18-4-9-22-24(17)18/h1-2,4-7,9-10,14,17H,3,8,11-13H2,(H,21,25). The topological polar surface area (TPSA) is 63.1 Å². The van der Waals surface area contributed by atoms with Crippen LogP contribution in [0.5, 0.6) is 0 Å². The van der Waals surface area contributed by atoms with E-state index in [4.69, 9.17) is 0 Å². The van der Waals surface area contributed by atoms with E-state index in [9.17, 15) is 4.79 Å². The van der Waals surface area contributed by atoms with E-state index in [-0.39, 0.29) is 11.9 Å². The van der Waals surface area contributed by atoms with Gasteiger partial charge in [-0.2, -0.15) is 16.4 Å². The van der Waals surface area contributed by atoms with Crippen molar-refractivity contribution in [1.82, 2.24) is 25.0 Å². The number of nitrogens with one attached hydrogen (secondary N) is 1. The second-order valence-electron chi connectivity index (χ2n) is 6.50. The number of aromatic nitrogens is 3. The summed E-state index contributed by atoms with van der Waals surface area (Å²) in [5, 5.41) is 11.3. The third kappa shape index (κ3) is 3.84. The van der Waals surface area contributed by atoms with Crippen molar-refractivity contribution in [2.45, 2.75) is 25.6 Å². The van der Waals surface area contributed by atoms with E-state index in [1.165, 1.54) is 22.6 Å². The molecular weight excluding hydrogens is 346 g/mol. The Morgan fingerprint density at radius 1 is 1.23 bits per heavy atom. The molecule has 3 aromatic rings. The van der Waals surface area contributed by atoms with Crippen LogP contribution in [0.2, 0.25) is 0 Å². The minimum Gasteiger partial charge on any atom is -0.352 e. The molecule has 7 heteroatoms. The molecule has 0 saturated heterocycles. The molecule has 1 N–H and O–H groups in total. The summed E-state index contributed by atoms with van der Waals surface area (Å²) in [5.74, 6) is -0.00334. The summed E-state index contributed by atoms with van der Waals surface area (Å²) in [4.78, 5) is 18.6. The quantitative estimate of drug-likeness (QED) is 0.728. The highest BCUT2D eigenvalue weighted by molar-refractivity contribution is 7.08. The van der Waals surface area contributed by atoms with Crippen LogP contribution in [0.4, 0.5) is 0 Å². The maximum Gasteiger partial charge on any atom is 0.252 e. The zero-order valence-electron chi connectivity index (χ0n) is 14.4. The van der Waals surface area contributed by atoms with Crippen LogP contribution in [0.25, 0.3) is 0 Å². The summed E-state index contributed by atoms with van der Waals surface area (Å²) in [6.45, 7) is 3.35. The van der Waals surface area contributed by atoms with Gasteiger partial charge in [0.05, 0.1) is 11.7 Å². The van der Waals surface area contributed by atoms with E-state index in [0.29, 0.717) is 6.54 Å². The van der Waals surface area contributed by atoms with Gasteiger partial charge in [0.1, 0.15) is 0 Å². The molecule has 0 aliphatic carbocycles. The number of amides is 1. The fourth-order valence-corrected chi connectivity index (χ4v) is 4.03. The van der Waals surface area contributed by atoms with E-state index in [1.54, 1.807) is 0 Å². The number of pyridine rings is 1. The second kappa shape index (κ2) is 7.80. The number of hydrogen-bond donors (Lipinski definition) is 1. The minimum absolute atomic E-state index is 0.00334. The van der Waals surface area contributed by atoms with Gasteiger partial charge in [-0.3, -0.25) is 19.4 Å². The molecule has 0 fully saturated rings. The average Bonchev–Trinajstić information content (AvgIpc) is 3.34. The molecule has 26 heavy (non-hydrogen) atoms. The Hall–Kier alpha value is -2.51. The lowest BCUT2D eigenvalue weighted by Crippen LogP contribution is -2.38. The smallest absolute Gasteiger partial charge is 0.252 e. The van der Waals surface area contributed by atoms with Gasteiger partial charge in [0, 0.05) is 55.7 Å². The highest BCUT2D eigenvalue weighted by Gasteiger charge is 2.25. The lowest BCUT2D eigenvalue weighted by Gasteiger charge is -2.34. The molecule has 1 unspecified atom stereocenters. The van der Waals surface area contributed by atoms with Crippen LogP contribution in [-0.2, 0) is 13.1 Å². The molecule has 1 aliphatic heterocycles. The summed E-state index contributed by atoms with van der Waals surface area (Å²) in [5.41, 5.74) is 3.22. The number of thiophene rings is 1. The third-order valence-electron chi connectivity index (χ3n) is 4.65.